The molecule has 0 bridgehead atoms. The number of ether oxygens (including phenoxy) is 1. The van der Waals surface area contributed by atoms with Gasteiger partial charge in [0, 0.05) is 11.8 Å². The normalized spacial score (nSPS) is 10.2. The Kier molecular flexibility index (Phi) is 4.35. The van der Waals surface area contributed by atoms with Gasteiger partial charge in [-0.2, -0.15) is 0 Å². The minimum atomic E-state index is 0.526. The quantitative estimate of drug-likeness (QED) is 0.738. The molecule has 3 heteroatoms. The van der Waals surface area contributed by atoms with Crippen molar-refractivity contribution in [1.82, 2.24) is 4.98 Å². The van der Waals surface area contributed by atoms with Crippen LogP contribution in [-0.2, 0) is 6.61 Å². The van der Waals surface area contributed by atoms with Crippen molar-refractivity contribution < 1.29 is 4.74 Å². The third-order valence-electron chi connectivity index (χ3n) is 3.27. The van der Waals surface area contributed by atoms with Gasteiger partial charge in [0.25, 0.3) is 0 Å². The smallest absolute Gasteiger partial charge is 0.213 e. The number of pyridine rings is 1. The summed E-state index contributed by atoms with van der Waals surface area (Å²) < 4.78 is 5.68. The van der Waals surface area contributed by atoms with Crippen LogP contribution >= 0.6 is 0 Å². The van der Waals surface area contributed by atoms with E-state index >= 15 is 0 Å². The molecule has 3 rings (SSSR count). The largest absolute Gasteiger partial charge is 0.473 e. The van der Waals surface area contributed by atoms with Gasteiger partial charge in [0.05, 0.1) is 11.9 Å². The Balaban J connectivity index is 1.60. The first kappa shape index (κ1) is 14.1. The Labute approximate surface area is 130 Å². The molecule has 0 aliphatic heterocycles. The molecule has 0 amide bonds. The zero-order valence-electron chi connectivity index (χ0n) is 12.5. The van der Waals surface area contributed by atoms with Crippen LogP contribution in [0.5, 0.6) is 5.88 Å². The van der Waals surface area contributed by atoms with Crippen molar-refractivity contribution in [1.29, 1.82) is 0 Å². The van der Waals surface area contributed by atoms with Gasteiger partial charge in [0.1, 0.15) is 6.61 Å². The van der Waals surface area contributed by atoms with Crippen molar-refractivity contribution in [2.24, 2.45) is 0 Å². The van der Waals surface area contributed by atoms with Crippen LogP contribution in [0.3, 0.4) is 0 Å². The number of rotatable bonds is 5. The summed E-state index contributed by atoms with van der Waals surface area (Å²) in [7, 11) is 0. The van der Waals surface area contributed by atoms with Gasteiger partial charge in [-0.15, -0.1) is 0 Å². The van der Waals surface area contributed by atoms with E-state index in [4.69, 9.17) is 4.74 Å². The van der Waals surface area contributed by atoms with Crippen LogP contribution in [-0.4, -0.2) is 4.98 Å². The van der Waals surface area contributed by atoms with Gasteiger partial charge in [-0.05, 0) is 36.2 Å². The molecule has 3 aromatic rings. The van der Waals surface area contributed by atoms with Gasteiger partial charge in [-0.25, -0.2) is 4.98 Å². The Hall–Kier alpha value is -2.81. The Morgan fingerprint density at radius 3 is 2.50 bits per heavy atom. The zero-order valence-corrected chi connectivity index (χ0v) is 12.5. The lowest BCUT2D eigenvalue weighted by atomic mass is 10.2. The van der Waals surface area contributed by atoms with E-state index in [-0.39, 0.29) is 0 Å². The molecule has 0 saturated carbocycles. The lowest BCUT2D eigenvalue weighted by Gasteiger charge is -2.08. The molecule has 0 atom stereocenters. The molecule has 0 saturated heterocycles. The maximum absolute atomic E-state index is 5.68. The molecule has 110 valence electrons. The number of hydrogen-bond acceptors (Lipinski definition) is 3. The summed E-state index contributed by atoms with van der Waals surface area (Å²) in [6, 6.07) is 22.1. The molecule has 0 aliphatic carbocycles. The fourth-order valence-corrected chi connectivity index (χ4v) is 2.16. The van der Waals surface area contributed by atoms with Crippen molar-refractivity contribution in [2.75, 3.05) is 5.32 Å². The van der Waals surface area contributed by atoms with Crippen molar-refractivity contribution in [3.05, 3.63) is 84.1 Å². The summed E-state index contributed by atoms with van der Waals surface area (Å²) >= 11 is 0. The van der Waals surface area contributed by atoms with Crippen LogP contribution in [0.15, 0.2) is 72.9 Å². The first-order valence-electron chi connectivity index (χ1n) is 7.26. The molecule has 1 aromatic heterocycles. The SMILES string of the molecule is Cc1cccc(Nc2ccc(OCc3ccccc3)nc2)c1. The number of hydrogen-bond donors (Lipinski definition) is 1. The van der Waals surface area contributed by atoms with Crippen LogP contribution in [0.25, 0.3) is 0 Å². The van der Waals surface area contributed by atoms with E-state index in [9.17, 15) is 0 Å². The summed E-state index contributed by atoms with van der Waals surface area (Å²) in [6.07, 6.45) is 1.78. The predicted octanol–water partition coefficient (Wildman–Crippen LogP) is 4.71. The van der Waals surface area contributed by atoms with Crippen LogP contribution in [0, 0.1) is 6.92 Å². The first-order valence-corrected chi connectivity index (χ1v) is 7.26. The van der Waals surface area contributed by atoms with Crippen LogP contribution in [0.2, 0.25) is 0 Å². The molecule has 0 spiro atoms. The topological polar surface area (TPSA) is 34.1 Å². The predicted molar refractivity (Wildman–Crippen MR) is 89.5 cm³/mol. The number of nitrogens with zero attached hydrogens (tertiary/aromatic N) is 1. The number of aryl methyl sites for hydroxylation is 1. The molecule has 1 heterocycles. The van der Waals surface area contributed by atoms with Crippen LogP contribution in [0.1, 0.15) is 11.1 Å². The number of anilines is 2. The van der Waals surface area contributed by atoms with Gasteiger partial charge in [-0.3, -0.25) is 0 Å². The summed E-state index contributed by atoms with van der Waals surface area (Å²) in [5, 5.41) is 3.33. The summed E-state index contributed by atoms with van der Waals surface area (Å²) in [6.45, 7) is 2.60. The van der Waals surface area contributed by atoms with E-state index < -0.39 is 0 Å². The number of benzene rings is 2. The van der Waals surface area contributed by atoms with Crippen molar-refractivity contribution in [2.45, 2.75) is 13.5 Å². The van der Waals surface area contributed by atoms with E-state index in [1.807, 2.05) is 54.6 Å². The fraction of sp³-hybridized carbons (Fsp3) is 0.105. The highest BCUT2D eigenvalue weighted by Gasteiger charge is 1.99. The van der Waals surface area contributed by atoms with Crippen molar-refractivity contribution in [3.63, 3.8) is 0 Å². The highest BCUT2D eigenvalue weighted by molar-refractivity contribution is 5.59. The van der Waals surface area contributed by atoms with Crippen molar-refractivity contribution in [3.8, 4) is 5.88 Å². The highest BCUT2D eigenvalue weighted by atomic mass is 16.5. The van der Waals surface area contributed by atoms with Gasteiger partial charge in [0.2, 0.25) is 5.88 Å². The zero-order chi connectivity index (χ0) is 15.2. The molecular formula is C19H18N2O. The third-order valence-corrected chi connectivity index (χ3v) is 3.27. The second-order valence-corrected chi connectivity index (χ2v) is 5.15. The number of aromatic nitrogens is 1. The molecule has 0 unspecified atom stereocenters. The van der Waals surface area contributed by atoms with Gasteiger partial charge in [-0.1, -0.05) is 42.5 Å². The third kappa shape index (κ3) is 3.85. The monoisotopic (exact) mass is 290 g/mol. The minimum Gasteiger partial charge on any atom is -0.473 e. The molecule has 2 aromatic carbocycles. The summed E-state index contributed by atoms with van der Waals surface area (Å²) in [5.41, 5.74) is 4.35. The average molecular weight is 290 g/mol. The molecule has 22 heavy (non-hydrogen) atoms. The lowest BCUT2D eigenvalue weighted by molar-refractivity contribution is 0.294. The summed E-state index contributed by atoms with van der Waals surface area (Å²) in [4.78, 5) is 4.33. The molecular weight excluding hydrogens is 272 g/mol. The van der Waals surface area contributed by atoms with E-state index in [1.54, 1.807) is 6.20 Å². The van der Waals surface area contributed by atoms with Crippen LogP contribution < -0.4 is 10.1 Å². The van der Waals surface area contributed by atoms with Crippen LogP contribution in [0.4, 0.5) is 11.4 Å². The Bertz CT molecular complexity index is 724. The number of nitrogens with one attached hydrogen (secondary N) is 1. The maximum Gasteiger partial charge on any atom is 0.213 e. The van der Waals surface area contributed by atoms with Gasteiger partial charge in [0.15, 0.2) is 0 Å². The fourth-order valence-electron chi connectivity index (χ4n) is 2.16. The van der Waals surface area contributed by atoms with E-state index in [2.05, 4.69) is 29.4 Å². The Morgan fingerprint density at radius 2 is 1.77 bits per heavy atom. The molecule has 0 radical (unpaired) electrons. The van der Waals surface area contributed by atoms with Gasteiger partial charge >= 0.3 is 0 Å². The first-order chi connectivity index (χ1) is 10.8. The second kappa shape index (κ2) is 6.76. The van der Waals surface area contributed by atoms with E-state index in [0.717, 1.165) is 16.9 Å². The van der Waals surface area contributed by atoms with Gasteiger partial charge < -0.3 is 10.1 Å². The van der Waals surface area contributed by atoms with E-state index in [1.165, 1.54) is 5.56 Å². The molecule has 0 aliphatic rings. The molecule has 0 fully saturated rings. The average Bonchev–Trinajstić information content (AvgIpc) is 2.55. The lowest BCUT2D eigenvalue weighted by Crippen LogP contribution is -1.97. The Morgan fingerprint density at radius 1 is 0.909 bits per heavy atom. The molecule has 1 N–H and O–H groups in total. The molecule has 3 nitrogen and oxygen atoms in total. The summed E-state index contributed by atoms with van der Waals surface area (Å²) in [5.74, 6) is 0.624. The second-order valence-electron chi connectivity index (χ2n) is 5.15. The standard InChI is InChI=1S/C19H18N2O/c1-15-6-5-9-17(12-15)21-18-10-11-19(20-13-18)22-14-16-7-3-2-4-8-16/h2-13,21H,14H2,1H3. The minimum absolute atomic E-state index is 0.526. The maximum atomic E-state index is 5.68. The van der Waals surface area contributed by atoms with E-state index in [0.29, 0.717) is 12.5 Å². The highest BCUT2D eigenvalue weighted by Crippen LogP contribution is 2.19. The van der Waals surface area contributed by atoms with Crippen molar-refractivity contribution >= 4 is 11.4 Å².